The number of aryl methyl sites for hydroxylation is 2. The maximum Gasteiger partial charge on any atom is 0.265 e. The first-order chi connectivity index (χ1) is 7.33. The fraction of sp³-hybridized carbons (Fsp3) is 0.455. The normalized spacial score (nSPS) is 13.8. The minimum Gasteiger partial charge on any atom is -0.330 e. The van der Waals surface area contributed by atoms with E-state index in [1.54, 1.807) is 0 Å². The molecular formula is C11H17NO3S. The second-order valence-electron chi connectivity index (χ2n) is 4.04. The Bertz CT molecular complexity index is 468. The molecule has 3 N–H and O–H groups in total. The predicted octanol–water partition coefficient (Wildman–Crippen LogP) is 1.23. The second kappa shape index (κ2) is 4.95. The lowest BCUT2D eigenvalue weighted by molar-refractivity contribution is 0.477. The molecule has 90 valence electrons. The van der Waals surface area contributed by atoms with E-state index in [-0.39, 0.29) is 18.2 Å². The molecule has 0 saturated heterocycles. The van der Waals surface area contributed by atoms with E-state index in [4.69, 9.17) is 10.3 Å². The lowest BCUT2D eigenvalue weighted by Crippen LogP contribution is -2.22. The van der Waals surface area contributed by atoms with Gasteiger partial charge in [-0.3, -0.25) is 4.55 Å². The Morgan fingerprint density at radius 3 is 2.44 bits per heavy atom. The molecule has 5 heteroatoms. The molecule has 0 saturated carbocycles. The van der Waals surface area contributed by atoms with Crippen molar-refractivity contribution in [2.75, 3.05) is 12.3 Å². The van der Waals surface area contributed by atoms with Crippen molar-refractivity contribution in [3.63, 3.8) is 0 Å². The van der Waals surface area contributed by atoms with E-state index < -0.39 is 10.1 Å². The highest BCUT2D eigenvalue weighted by atomic mass is 32.2. The summed E-state index contributed by atoms with van der Waals surface area (Å²) in [6.07, 6.45) is 0. The standard InChI is InChI=1S/C11H17NO3S/c1-8-3-4-11(9(2)5-8)10(6-12)7-16(13,14)15/h3-5,10H,6-7,12H2,1-2H3,(H,13,14,15). The van der Waals surface area contributed by atoms with Crippen LogP contribution in [0.1, 0.15) is 22.6 Å². The molecule has 16 heavy (non-hydrogen) atoms. The van der Waals surface area contributed by atoms with E-state index >= 15 is 0 Å². The van der Waals surface area contributed by atoms with Gasteiger partial charge in [-0.25, -0.2) is 0 Å². The highest BCUT2D eigenvalue weighted by Crippen LogP contribution is 2.21. The van der Waals surface area contributed by atoms with Gasteiger partial charge in [0.2, 0.25) is 0 Å². The van der Waals surface area contributed by atoms with Gasteiger partial charge in [-0.1, -0.05) is 23.8 Å². The SMILES string of the molecule is Cc1ccc(C(CN)CS(=O)(=O)O)c(C)c1. The number of hydrogen-bond donors (Lipinski definition) is 2. The first-order valence-electron chi connectivity index (χ1n) is 5.06. The molecule has 1 unspecified atom stereocenters. The molecule has 0 bridgehead atoms. The number of hydrogen-bond acceptors (Lipinski definition) is 3. The van der Waals surface area contributed by atoms with E-state index in [0.717, 1.165) is 16.7 Å². The van der Waals surface area contributed by atoms with Gasteiger partial charge in [0.25, 0.3) is 10.1 Å². The molecule has 0 radical (unpaired) electrons. The zero-order valence-electron chi connectivity index (χ0n) is 9.47. The van der Waals surface area contributed by atoms with Crippen molar-refractivity contribution in [2.45, 2.75) is 19.8 Å². The first-order valence-corrected chi connectivity index (χ1v) is 6.67. The molecule has 1 aromatic rings. The van der Waals surface area contributed by atoms with Crippen molar-refractivity contribution in [3.8, 4) is 0 Å². The Hall–Kier alpha value is -0.910. The minimum atomic E-state index is -3.99. The predicted molar refractivity (Wildman–Crippen MR) is 64.1 cm³/mol. The molecule has 0 fully saturated rings. The van der Waals surface area contributed by atoms with Crippen LogP contribution in [0, 0.1) is 13.8 Å². The molecule has 1 rings (SSSR count). The van der Waals surface area contributed by atoms with Crippen LogP contribution in [0.2, 0.25) is 0 Å². The zero-order chi connectivity index (χ0) is 12.3. The van der Waals surface area contributed by atoms with Crippen LogP contribution in [0.4, 0.5) is 0 Å². The van der Waals surface area contributed by atoms with Gasteiger partial charge in [0, 0.05) is 12.5 Å². The zero-order valence-corrected chi connectivity index (χ0v) is 10.3. The smallest absolute Gasteiger partial charge is 0.265 e. The van der Waals surface area contributed by atoms with E-state index in [1.807, 2.05) is 32.0 Å². The van der Waals surface area contributed by atoms with Gasteiger partial charge in [0.05, 0.1) is 5.75 Å². The average molecular weight is 243 g/mol. The summed E-state index contributed by atoms with van der Waals surface area (Å²) < 4.78 is 30.5. The fourth-order valence-electron chi connectivity index (χ4n) is 1.82. The Labute approximate surface area is 96.2 Å². The van der Waals surface area contributed by atoms with E-state index in [1.165, 1.54) is 0 Å². The van der Waals surface area contributed by atoms with Crippen LogP contribution in [0.3, 0.4) is 0 Å². The monoisotopic (exact) mass is 243 g/mol. The minimum absolute atomic E-state index is 0.198. The largest absolute Gasteiger partial charge is 0.330 e. The van der Waals surface area contributed by atoms with Gasteiger partial charge in [-0.2, -0.15) is 8.42 Å². The van der Waals surface area contributed by atoms with E-state index in [2.05, 4.69) is 0 Å². The second-order valence-corrected chi connectivity index (χ2v) is 5.54. The summed E-state index contributed by atoms with van der Waals surface area (Å²) in [5.74, 6) is -0.677. The maximum atomic E-state index is 10.9. The maximum absolute atomic E-state index is 10.9. The molecule has 0 heterocycles. The summed E-state index contributed by atoms with van der Waals surface area (Å²) in [5, 5.41) is 0. The summed E-state index contributed by atoms with van der Waals surface area (Å²) in [6.45, 7) is 4.08. The topological polar surface area (TPSA) is 80.4 Å². The van der Waals surface area contributed by atoms with Gasteiger partial charge in [0.1, 0.15) is 0 Å². The Morgan fingerprint density at radius 2 is 2.00 bits per heavy atom. The third-order valence-corrected chi connectivity index (χ3v) is 3.39. The van der Waals surface area contributed by atoms with Crippen molar-refractivity contribution in [1.29, 1.82) is 0 Å². The van der Waals surface area contributed by atoms with Crippen LogP contribution >= 0.6 is 0 Å². The summed E-state index contributed by atoms with van der Waals surface area (Å²) in [4.78, 5) is 0. The fourth-order valence-corrected chi connectivity index (χ4v) is 2.65. The third-order valence-electron chi connectivity index (χ3n) is 2.56. The van der Waals surface area contributed by atoms with Crippen molar-refractivity contribution in [1.82, 2.24) is 0 Å². The number of nitrogens with two attached hydrogens (primary N) is 1. The molecule has 0 aliphatic carbocycles. The van der Waals surface area contributed by atoms with Crippen molar-refractivity contribution in [2.24, 2.45) is 5.73 Å². The molecule has 0 aliphatic heterocycles. The van der Waals surface area contributed by atoms with Crippen molar-refractivity contribution in [3.05, 3.63) is 34.9 Å². The van der Waals surface area contributed by atoms with Gasteiger partial charge >= 0.3 is 0 Å². The van der Waals surface area contributed by atoms with Crippen molar-refractivity contribution >= 4 is 10.1 Å². The van der Waals surface area contributed by atoms with Crippen LogP contribution in [-0.2, 0) is 10.1 Å². The van der Waals surface area contributed by atoms with E-state index in [0.29, 0.717) is 0 Å². The van der Waals surface area contributed by atoms with Gasteiger partial charge in [-0.15, -0.1) is 0 Å². The lowest BCUT2D eigenvalue weighted by atomic mass is 9.95. The van der Waals surface area contributed by atoms with Crippen LogP contribution < -0.4 is 5.73 Å². The molecule has 0 amide bonds. The summed E-state index contributed by atoms with van der Waals surface area (Å²) in [6, 6.07) is 5.75. The van der Waals surface area contributed by atoms with Crippen molar-refractivity contribution < 1.29 is 13.0 Å². The lowest BCUT2D eigenvalue weighted by Gasteiger charge is -2.16. The van der Waals surface area contributed by atoms with E-state index in [9.17, 15) is 8.42 Å². The molecule has 4 nitrogen and oxygen atoms in total. The molecule has 1 atom stereocenters. The number of benzene rings is 1. The van der Waals surface area contributed by atoms with Gasteiger partial charge < -0.3 is 5.73 Å². The Morgan fingerprint density at radius 1 is 1.38 bits per heavy atom. The number of rotatable bonds is 4. The summed E-state index contributed by atoms with van der Waals surface area (Å²) in [7, 11) is -3.99. The molecule has 1 aromatic carbocycles. The third kappa shape index (κ3) is 3.59. The molecular weight excluding hydrogens is 226 g/mol. The average Bonchev–Trinajstić information content (AvgIpc) is 2.13. The Kier molecular flexibility index (Phi) is 4.07. The summed E-state index contributed by atoms with van der Waals surface area (Å²) >= 11 is 0. The Balaban J connectivity index is 3.04. The van der Waals surface area contributed by atoms with Gasteiger partial charge in [0.15, 0.2) is 0 Å². The first kappa shape index (κ1) is 13.2. The van der Waals surface area contributed by atoms with Crippen LogP contribution in [0.25, 0.3) is 0 Å². The van der Waals surface area contributed by atoms with Crippen LogP contribution in [0.5, 0.6) is 0 Å². The summed E-state index contributed by atoms with van der Waals surface area (Å²) in [5.41, 5.74) is 8.54. The van der Waals surface area contributed by atoms with Crippen LogP contribution in [-0.4, -0.2) is 25.3 Å². The highest BCUT2D eigenvalue weighted by Gasteiger charge is 2.18. The van der Waals surface area contributed by atoms with Gasteiger partial charge in [-0.05, 0) is 25.0 Å². The molecule has 0 aromatic heterocycles. The molecule has 0 spiro atoms. The molecule has 0 aliphatic rings. The quantitative estimate of drug-likeness (QED) is 0.779. The highest BCUT2D eigenvalue weighted by molar-refractivity contribution is 7.85. The van der Waals surface area contributed by atoms with Crippen LogP contribution in [0.15, 0.2) is 18.2 Å².